The Hall–Kier alpha value is -1.69. The Balaban J connectivity index is 1.96. The summed E-state index contributed by atoms with van der Waals surface area (Å²) in [6.45, 7) is 2.55. The Labute approximate surface area is 109 Å². The van der Waals surface area contributed by atoms with Crippen LogP contribution in [0.5, 0.6) is 0 Å². The molecule has 0 atom stereocenters. The van der Waals surface area contributed by atoms with Crippen molar-refractivity contribution in [3.63, 3.8) is 0 Å². The van der Waals surface area contributed by atoms with Crippen molar-refractivity contribution in [2.24, 2.45) is 0 Å². The van der Waals surface area contributed by atoms with Crippen molar-refractivity contribution in [2.75, 3.05) is 12.3 Å². The first-order valence-corrected chi connectivity index (χ1v) is 6.18. The third-order valence-corrected chi connectivity index (χ3v) is 3.17. The Morgan fingerprint density at radius 3 is 2.68 bits per heavy atom. The molecule has 1 saturated carbocycles. The Kier molecular flexibility index (Phi) is 3.99. The van der Waals surface area contributed by atoms with Crippen LogP contribution in [0.4, 0.5) is 14.5 Å². The molecule has 104 valence electrons. The normalized spacial score (nSPS) is 21.8. The molecule has 6 heteroatoms. The predicted molar refractivity (Wildman–Crippen MR) is 66.7 cm³/mol. The molecule has 1 aromatic rings. The van der Waals surface area contributed by atoms with Gasteiger partial charge in [-0.2, -0.15) is 0 Å². The number of nitrogens with one attached hydrogen (secondary N) is 1. The fraction of sp³-hybridized carbons (Fsp3) is 0.462. The van der Waals surface area contributed by atoms with Crippen molar-refractivity contribution in [1.29, 1.82) is 0 Å². The molecule has 1 aromatic carbocycles. The SMILES string of the molecule is CCOC1CC(NC(=O)c2cc(F)c(F)cc2N)C1. The number of amides is 1. The van der Waals surface area contributed by atoms with Crippen LogP contribution in [0.2, 0.25) is 0 Å². The minimum absolute atomic E-state index is 0.00318. The van der Waals surface area contributed by atoms with E-state index in [1.54, 1.807) is 0 Å². The molecule has 3 N–H and O–H groups in total. The largest absolute Gasteiger partial charge is 0.398 e. The highest BCUT2D eigenvalue weighted by Crippen LogP contribution is 2.24. The standard InChI is InChI=1S/C13H16F2N2O2/c1-2-19-8-3-7(4-8)17-13(18)9-5-10(14)11(15)6-12(9)16/h5-8H,2-4,16H2,1H3,(H,17,18). The molecular formula is C13H16F2N2O2. The summed E-state index contributed by atoms with van der Waals surface area (Å²) in [4.78, 5) is 11.9. The summed E-state index contributed by atoms with van der Waals surface area (Å²) in [6.07, 6.45) is 1.62. The minimum Gasteiger partial charge on any atom is -0.398 e. The first-order valence-electron chi connectivity index (χ1n) is 6.18. The van der Waals surface area contributed by atoms with Gasteiger partial charge in [-0.1, -0.05) is 0 Å². The third-order valence-electron chi connectivity index (χ3n) is 3.17. The first kappa shape index (κ1) is 13.7. The smallest absolute Gasteiger partial charge is 0.253 e. The van der Waals surface area contributed by atoms with Gasteiger partial charge in [-0.05, 0) is 25.8 Å². The summed E-state index contributed by atoms with van der Waals surface area (Å²) in [5.41, 5.74) is 5.39. The van der Waals surface area contributed by atoms with Gasteiger partial charge in [0.05, 0.1) is 11.7 Å². The number of nitrogens with two attached hydrogens (primary N) is 1. The van der Waals surface area contributed by atoms with Crippen molar-refractivity contribution < 1.29 is 18.3 Å². The monoisotopic (exact) mass is 270 g/mol. The Morgan fingerprint density at radius 1 is 1.42 bits per heavy atom. The maximum Gasteiger partial charge on any atom is 0.253 e. The highest BCUT2D eigenvalue weighted by atomic mass is 19.2. The van der Waals surface area contributed by atoms with E-state index < -0.39 is 17.5 Å². The van der Waals surface area contributed by atoms with Gasteiger partial charge in [-0.15, -0.1) is 0 Å². The summed E-state index contributed by atoms with van der Waals surface area (Å²) in [5, 5.41) is 2.72. The molecule has 4 nitrogen and oxygen atoms in total. The van der Waals surface area contributed by atoms with Gasteiger partial charge in [0.2, 0.25) is 0 Å². The second kappa shape index (κ2) is 5.52. The quantitative estimate of drug-likeness (QED) is 0.821. The summed E-state index contributed by atoms with van der Waals surface area (Å²) >= 11 is 0. The molecule has 1 aliphatic carbocycles. The summed E-state index contributed by atoms with van der Waals surface area (Å²) in [7, 11) is 0. The molecule has 0 spiro atoms. The maximum absolute atomic E-state index is 13.1. The van der Waals surface area contributed by atoms with Gasteiger partial charge in [0.1, 0.15) is 0 Å². The van der Waals surface area contributed by atoms with Crippen LogP contribution in [-0.2, 0) is 4.74 Å². The molecule has 0 radical (unpaired) electrons. The van der Waals surface area contributed by atoms with Crippen LogP contribution in [0.15, 0.2) is 12.1 Å². The lowest BCUT2D eigenvalue weighted by molar-refractivity contribution is -0.00862. The van der Waals surface area contributed by atoms with Crippen molar-refractivity contribution in [3.8, 4) is 0 Å². The number of carbonyl (C=O) groups excluding carboxylic acids is 1. The summed E-state index contributed by atoms with van der Waals surface area (Å²) < 4.78 is 31.3. The van der Waals surface area contributed by atoms with Crippen LogP contribution in [0.1, 0.15) is 30.1 Å². The fourth-order valence-electron chi connectivity index (χ4n) is 2.08. The third kappa shape index (κ3) is 3.01. The van der Waals surface area contributed by atoms with Crippen LogP contribution in [0.25, 0.3) is 0 Å². The van der Waals surface area contributed by atoms with Gasteiger partial charge < -0.3 is 15.8 Å². The second-order valence-electron chi connectivity index (χ2n) is 4.57. The zero-order valence-corrected chi connectivity index (χ0v) is 10.6. The molecule has 2 rings (SSSR count). The number of carbonyl (C=O) groups is 1. The van der Waals surface area contributed by atoms with Crippen molar-refractivity contribution in [3.05, 3.63) is 29.3 Å². The molecule has 0 aromatic heterocycles. The highest BCUT2D eigenvalue weighted by Gasteiger charge is 2.31. The number of nitrogen functional groups attached to an aromatic ring is 1. The van der Waals surface area contributed by atoms with E-state index in [1.807, 2.05) is 6.92 Å². The molecule has 1 aliphatic rings. The number of rotatable bonds is 4. The van der Waals surface area contributed by atoms with Crippen LogP contribution in [0, 0.1) is 11.6 Å². The van der Waals surface area contributed by atoms with Gasteiger partial charge in [-0.25, -0.2) is 8.78 Å². The average Bonchev–Trinajstić information content (AvgIpc) is 2.31. The topological polar surface area (TPSA) is 64.3 Å². The van der Waals surface area contributed by atoms with Crippen molar-refractivity contribution in [1.82, 2.24) is 5.32 Å². The fourth-order valence-corrected chi connectivity index (χ4v) is 2.08. The molecular weight excluding hydrogens is 254 g/mol. The van der Waals surface area contributed by atoms with Crippen LogP contribution in [0.3, 0.4) is 0 Å². The molecule has 0 unspecified atom stereocenters. The van der Waals surface area contributed by atoms with Crippen LogP contribution < -0.4 is 11.1 Å². The minimum atomic E-state index is -1.08. The number of ether oxygens (including phenoxy) is 1. The van der Waals surface area contributed by atoms with E-state index in [2.05, 4.69) is 5.32 Å². The van der Waals surface area contributed by atoms with Crippen molar-refractivity contribution >= 4 is 11.6 Å². The molecule has 0 bridgehead atoms. The second-order valence-corrected chi connectivity index (χ2v) is 4.57. The van der Waals surface area contributed by atoms with Crippen LogP contribution >= 0.6 is 0 Å². The van der Waals surface area contributed by atoms with Crippen LogP contribution in [-0.4, -0.2) is 24.7 Å². The lowest BCUT2D eigenvalue weighted by Crippen LogP contribution is -2.47. The molecule has 0 heterocycles. The van der Waals surface area contributed by atoms with E-state index in [0.29, 0.717) is 6.61 Å². The lowest BCUT2D eigenvalue weighted by atomic mass is 9.89. The maximum atomic E-state index is 13.1. The molecule has 1 fully saturated rings. The molecule has 19 heavy (non-hydrogen) atoms. The van der Waals surface area contributed by atoms with E-state index in [-0.39, 0.29) is 23.4 Å². The summed E-state index contributed by atoms with van der Waals surface area (Å²) in [6, 6.07) is 1.63. The number of halogens is 2. The van der Waals surface area contributed by atoms with Gasteiger partial charge >= 0.3 is 0 Å². The van der Waals surface area contributed by atoms with Gasteiger partial charge in [0.15, 0.2) is 11.6 Å². The van der Waals surface area contributed by atoms with Crippen molar-refractivity contribution in [2.45, 2.75) is 31.9 Å². The van der Waals surface area contributed by atoms with Gasteiger partial charge in [0.25, 0.3) is 5.91 Å². The Morgan fingerprint density at radius 2 is 2.05 bits per heavy atom. The molecule has 0 aliphatic heterocycles. The van der Waals surface area contributed by atoms with Gasteiger partial charge in [0, 0.05) is 24.4 Å². The lowest BCUT2D eigenvalue weighted by Gasteiger charge is -2.35. The number of benzene rings is 1. The summed E-state index contributed by atoms with van der Waals surface area (Å²) in [5.74, 6) is -2.63. The van der Waals surface area contributed by atoms with E-state index in [0.717, 1.165) is 25.0 Å². The Bertz CT molecular complexity index is 488. The number of hydrogen-bond acceptors (Lipinski definition) is 3. The van der Waals surface area contributed by atoms with E-state index >= 15 is 0 Å². The van der Waals surface area contributed by atoms with E-state index in [4.69, 9.17) is 10.5 Å². The molecule has 1 amide bonds. The average molecular weight is 270 g/mol. The number of anilines is 1. The first-order chi connectivity index (χ1) is 9.01. The van der Waals surface area contributed by atoms with Gasteiger partial charge in [-0.3, -0.25) is 4.79 Å². The zero-order chi connectivity index (χ0) is 14.0. The van der Waals surface area contributed by atoms with E-state index in [1.165, 1.54) is 0 Å². The predicted octanol–water partition coefficient (Wildman–Crippen LogP) is 1.84. The molecule has 0 saturated heterocycles. The highest BCUT2D eigenvalue weighted by molar-refractivity contribution is 5.99. The van der Waals surface area contributed by atoms with E-state index in [9.17, 15) is 13.6 Å². The number of hydrogen-bond donors (Lipinski definition) is 2. The zero-order valence-electron chi connectivity index (χ0n) is 10.6.